The van der Waals surface area contributed by atoms with Gasteiger partial charge in [-0.05, 0) is 41.7 Å². The Labute approximate surface area is 217 Å². The summed E-state index contributed by atoms with van der Waals surface area (Å²) in [6.07, 6.45) is 3.92. The molecule has 1 amide bonds. The van der Waals surface area contributed by atoms with Crippen molar-refractivity contribution in [1.29, 1.82) is 0 Å². The predicted molar refractivity (Wildman–Crippen MR) is 145 cm³/mol. The van der Waals surface area contributed by atoms with Crippen molar-refractivity contribution in [2.24, 2.45) is 0 Å². The van der Waals surface area contributed by atoms with Crippen LogP contribution in [0.1, 0.15) is 48.2 Å². The number of esters is 1. The number of carbonyl (C=O) groups excluding carboxylic acids is 2. The minimum absolute atomic E-state index is 0.182. The summed E-state index contributed by atoms with van der Waals surface area (Å²) >= 11 is 0. The summed E-state index contributed by atoms with van der Waals surface area (Å²) in [6.45, 7) is 0.936. The van der Waals surface area contributed by atoms with E-state index < -0.39 is 0 Å². The summed E-state index contributed by atoms with van der Waals surface area (Å²) in [7, 11) is 1.40. The summed E-state index contributed by atoms with van der Waals surface area (Å²) < 4.78 is 10.8. The van der Waals surface area contributed by atoms with Crippen LogP contribution in [0.15, 0.2) is 84.9 Å². The molecule has 0 spiro atoms. The third kappa shape index (κ3) is 7.40. The number of rotatable bonds is 12. The first-order chi connectivity index (χ1) is 18.1. The molecule has 0 aliphatic rings. The van der Waals surface area contributed by atoms with Crippen molar-refractivity contribution in [3.63, 3.8) is 0 Å². The van der Waals surface area contributed by atoms with Gasteiger partial charge in [0.25, 0.3) is 5.91 Å². The lowest BCUT2D eigenvalue weighted by molar-refractivity contribution is -0.140. The number of methoxy groups -OCH3 is 1. The molecular formula is C31H32N2O4. The number of fused-ring (bicyclic) bond motifs is 1. The maximum absolute atomic E-state index is 12.8. The van der Waals surface area contributed by atoms with Crippen LogP contribution < -0.4 is 10.1 Å². The molecule has 0 aliphatic heterocycles. The first-order valence-electron chi connectivity index (χ1n) is 12.7. The van der Waals surface area contributed by atoms with E-state index in [4.69, 9.17) is 4.74 Å². The van der Waals surface area contributed by atoms with Crippen molar-refractivity contribution < 1.29 is 19.1 Å². The molecule has 0 bridgehead atoms. The molecule has 0 unspecified atom stereocenters. The van der Waals surface area contributed by atoms with Gasteiger partial charge in [0, 0.05) is 24.4 Å². The number of benzene rings is 3. The second-order valence-corrected chi connectivity index (χ2v) is 8.87. The third-order valence-electron chi connectivity index (χ3n) is 6.19. The van der Waals surface area contributed by atoms with Crippen molar-refractivity contribution >= 4 is 22.8 Å². The molecule has 0 radical (unpaired) electrons. The van der Waals surface area contributed by atoms with Crippen LogP contribution in [0, 0.1) is 0 Å². The van der Waals surface area contributed by atoms with Crippen LogP contribution in [-0.4, -0.2) is 30.5 Å². The van der Waals surface area contributed by atoms with Gasteiger partial charge < -0.3 is 14.8 Å². The average Bonchev–Trinajstić information content (AvgIpc) is 2.95. The van der Waals surface area contributed by atoms with Gasteiger partial charge >= 0.3 is 5.97 Å². The van der Waals surface area contributed by atoms with E-state index in [0.717, 1.165) is 42.2 Å². The topological polar surface area (TPSA) is 77.5 Å². The number of hydrogen-bond donors (Lipinski definition) is 1. The number of unbranched alkanes of at least 4 members (excludes halogenated alkanes) is 3. The third-order valence-corrected chi connectivity index (χ3v) is 6.19. The first kappa shape index (κ1) is 25.9. The van der Waals surface area contributed by atoms with Crippen LogP contribution in [0.3, 0.4) is 0 Å². The second kappa shape index (κ2) is 13.2. The smallest absolute Gasteiger partial charge is 0.305 e. The number of ether oxygens (including phenoxy) is 2. The van der Waals surface area contributed by atoms with E-state index >= 15 is 0 Å². The fourth-order valence-corrected chi connectivity index (χ4v) is 4.11. The maximum atomic E-state index is 12.8. The summed E-state index contributed by atoms with van der Waals surface area (Å²) in [5.74, 6) is 0.223. The van der Waals surface area contributed by atoms with Crippen molar-refractivity contribution in [3.05, 3.63) is 96.2 Å². The summed E-state index contributed by atoms with van der Waals surface area (Å²) in [6, 6.07) is 27.9. The zero-order valence-corrected chi connectivity index (χ0v) is 21.1. The molecule has 6 heteroatoms. The minimum Gasteiger partial charge on any atom is -0.488 e. The SMILES string of the molecule is COC(=O)CCCCCCNC(=O)c1cc(OCc2ccc(-c3ccccc3)cc2)c2ccccc2n1. The molecule has 0 saturated heterocycles. The number of nitrogens with one attached hydrogen (secondary N) is 1. The van der Waals surface area contributed by atoms with Crippen LogP contribution in [0.5, 0.6) is 5.75 Å². The summed E-state index contributed by atoms with van der Waals surface area (Å²) in [5.41, 5.74) is 4.41. The summed E-state index contributed by atoms with van der Waals surface area (Å²) in [5, 5.41) is 3.81. The molecule has 190 valence electrons. The highest BCUT2D eigenvalue weighted by atomic mass is 16.5. The number of hydrogen-bond acceptors (Lipinski definition) is 5. The zero-order valence-electron chi connectivity index (χ0n) is 21.1. The number of carbonyl (C=O) groups is 2. The first-order valence-corrected chi connectivity index (χ1v) is 12.7. The largest absolute Gasteiger partial charge is 0.488 e. The fraction of sp³-hybridized carbons (Fsp3) is 0.258. The lowest BCUT2D eigenvalue weighted by atomic mass is 10.0. The molecular weight excluding hydrogens is 464 g/mol. The molecule has 0 aliphatic carbocycles. The molecule has 4 rings (SSSR count). The van der Waals surface area contributed by atoms with Crippen LogP contribution in [0.25, 0.3) is 22.0 Å². The Morgan fingerprint density at radius 3 is 2.30 bits per heavy atom. The number of amides is 1. The number of aromatic nitrogens is 1. The van der Waals surface area contributed by atoms with Gasteiger partial charge in [-0.3, -0.25) is 9.59 Å². The van der Waals surface area contributed by atoms with Crippen LogP contribution in [0.4, 0.5) is 0 Å². The molecule has 1 heterocycles. The number of nitrogens with zero attached hydrogens (tertiary/aromatic N) is 1. The molecule has 37 heavy (non-hydrogen) atoms. The monoisotopic (exact) mass is 496 g/mol. The lowest BCUT2D eigenvalue weighted by Crippen LogP contribution is -2.25. The number of pyridine rings is 1. The standard InChI is InChI=1S/C31H32N2O4/c1-36-30(34)15-7-2-3-10-20-32-31(35)28-21-29(26-13-8-9-14-27(26)33-28)37-22-23-16-18-25(19-17-23)24-11-5-4-6-12-24/h4-6,8-9,11-14,16-19,21H,2-3,7,10,15,20,22H2,1H3,(H,32,35). The predicted octanol–water partition coefficient (Wildman–Crippen LogP) is 6.33. The molecule has 1 N–H and O–H groups in total. The van der Waals surface area contributed by atoms with Gasteiger partial charge in [0.1, 0.15) is 18.1 Å². The van der Waals surface area contributed by atoms with Gasteiger partial charge in [0.15, 0.2) is 0 Å². The Kier molecular flexibility index (Phi) is 9.24. The molecule has 4 aromatic rings. The molecule has 0 atom stereocenters. The highest BCUT2D eigenvalue weighted by Gasteiger charge is 2.13. The normalized spacial score (nSPS) is 10.7. The van der Waals surface area contributed by atoms with Gasteiger partial charge in [0.2, 0.25) is 0 Å². The van der Waals surface area contributed by atoms with E-state index in [0.29, 0.717) is 36.5 Å². The van der Waals surface area contributed by atoms with Crippen LogP contribution >= 0.6 is 0 Å². The van der Waals surface area contributed by atoms with E-state index in [1.165, 1.54) is 12.7 Å². The van der Waals surface area contributed by atoms with E-state index in [1.54, 1.807) is 6.07 Å². The van der Waals surface area contributed by atoms with Crippen molar-refractivity contribution in [3.8, 4) is 16.9 Å². The Morgan fingerprint density at radius 1 is 0.811 bits per heavy atom. The molecule has 1 aromatic heterocycles. The highest BCUT2D eigenvalue weighted by molar-refractivity contribution is 5.97. The quantitative estimate of drug-likeness (QED) is 0.183. The van der Waals surface area contributed by atoms with Crippen LogP contribution in [0.2, 0.25) is 0 Å². The number of para-hydroxylation sites is 1. The molecule has 3 aromatic carbocycles. The van der Waals surface area contributed by atoms with Gasteiger partial charge in [-0.15, -0.1) is 0 Å². The Hall–Kier alpha value is -4.19. The van der Waals surface area contributed by atoms with Crippen molar-refractivity contribution in [1.82, 2.24) is 10.3 Å². The Balaban J connectivity index is 1.35. The molecule has 6 nitrogen and oxygen atoms in total. The summed E-state index contributed by atoms with van der Waals surface area (Å²) in [4.78, 5) is 28.5. The van der Waals surface area contributed by atoms with Crippen molar-refractivity contribution in [2.75, 3.05) is 13.7 Å². The van der Waals surface area contributed by atoms with E-state index in [9.17, 15) is 9.59 Å². The fourth-order valence-electron chi connectivity index (χ4n) is 4.11. The van der Waals surface area contributed by atoms with E-state index in [1.807, 2.05) is 42.5 Å². The van der Waals surface area contributed by atoms with Gasteiger partial charge in [-0.1, -0.05) is 79.6 Å². The highest BCUT2D eigenvalue weighted by Crippen LogP contribution is 2.27. The van der Waals surface area contributed by atoms with Crippen molar-refractivity contribution in [2.45, 2.75) is 38.7 Å². The van der Waals surface area contributed by atoms with Crippen LogP contribution in [-0.2, 0) is 16.1 Å². The Morgan fingerprint density at radius 2 is 1.51 bits per heavy atom. The second-order valence-electron chi connectivity index (χ2n) is 8.87. The average molecular weight is 497 g/mol. The lowest BCUT2D eigenvalue weighted by Gasteiger charge is -2.12. The Bertz CT molecular complexity index is 1320. The van der Waals surface area contributed by atoms with Gasteiger partial charge in [-0.2, -0.15) is 0 Å². The zero-order chi connectivity index (χ0) is 25.9. The molecule has 0 saturated carbocycles. The van der Waals surface area contributed by atoms with E-state index in [2.05, 4.69) is 51.4 Å². The maximum Gasteiger partial charge on any atom is 0.305 e. The van der Waals surface area contributed by atoms with E-state index in [-0.39, 0.29) is 11.9 Å². The minimum atomic E-state index is -0.225. The molecule has 0 fully saturated rings. The van der Waals surface area contributed by atoms with Gasteiger partial charge in [-0.25, -0.2) is 4.98 Å². The van der Waals surface area contributed by atoms with Gasteiger partial charge in [0.05, 0.1) is 12.6 Å².